The summed E-state index contributed by atoms with van der Waals surface area (Å²) in [5, 5.41) is 2.81. The van der Waals surface area contributed by atoms with Gasteiger partial charge >= 0.3 is 6.03 Å². The quantitative estimate of drug-likeness (QED) is 0.908. The molecule has 128 valence electrons. The molecule has 5 heteroatoms. The van der Waals surface area contributed by atoms with Crippen LogP contribution in [0, 0.1) is 5.92 Å². The number of hydrogen-bond donors (Lipinski definition) is 1. The van der Waals surface area contributed by atoms with Crippen LogP contribution < -0.4 is 10.2 Å². The summed E-state index contributed by atoms with van der Waals surface area (Å²) in [7, 11) is 0. The molecule has 3 amide bonds. The minimum atomic E-state index is -0.0788. The van der Waals surface area contributed by atoms with Crippen LogP contribution in [0.25, 0.3) is 0 Å². The van der Waals surface area contributed by atoms with E-state index in [2.05, 4.69) is 10.2 Å². The predicted molar refractivity (Wildman–Crippen MR) is 93.2 cm³/mol. The Labute approximate surface area is 143 Å². The molecule has 2 unspecified atom stereocenters. The zero-order chi connectivity index (χ0) is 16.5. The zero-order valence-electron chi connectivity index (χ0n) is 14.0. The number of amides is 3. The van der Waals surface area contributed by atoms with Crippen LogP contribution in [0.1, 0.15) is 48.9 Å². The summed E-state index contributed by atoms with van der Waals surface area (Å²) in [6.45, 7) is 2.19. The highest BCUT2D eigenvalue weighted by molar-refractivity contribution is 5.98. The highest BCUT2D eigenvalue weighted by Crippen LogP contribution is 2.36. The maximum Gasteiger partial charge on any atom is 0.321 e. The molecule has 3 fully saturated rings. The summed E-state index contributed by atoms with van der Waals surface area (Å²) >= 11 is 0. The van der Waals surface area contributed by atoms with E-state index in [1.807, 2.05) is 24.3 Å². The molecule has 1 aliphatic carbocycles. The van der Waals surface area contributed by atoms with Crippen molar-refractivity contribution in [1.29, 1.82) is 0 Å². The number of nitrogens with zero attached hydrogens (tertiary/aromatic N) is 2. The third-order valence-electron chi connectivity index (χ3n) is 5.77. The summed E-state index contributed by atoms with van der Waals surface area (Å²) < 4.78 is 0. The second-order valence-corrected chi connectivity index (χ2v) is 7.19. The predicted octanol–water partition coefficient (Wildman–Crippen LogP) is 3.01. The Morgan fingerprint density at radius 1 is 1.08 bits per heavy atom. The molecule has 0 bridgehead atoms. The second-order valence-electron chi connectivity index (χ2n) is 7.19. The number of anilines is 1. The van der Waals surface area contributed by atoms with Gasteiger partial charge in [0.2, 0.25) is 0 Å². The average molecular weight is 327 g/mol. The number of hydrogen-bond acceptors (Lipinski definition) is 2. The largest absolute Gasteiger partial charge is 0.336 e. The van der Waals surface area contributed by atoms with Crippen LogP contribution in [-0.4, -0.2) is 42.5 Å². The maximum absolute atomic E-state index is 13.1. The average Bonchev–Trinajstić information content (AvgIpc) is 3.07. The van der Waals surface area contributed by atoms with Gasteiger partial charge in [-0.2, -0.15) is 0 Å². The van der Waals surface area contributed by atoms with Crippen molar-refractivity contribution in [2.75, 3.05) is 24.5 Å². The van der Waals surface area contributed by atoms with Crippen molar-refractivity contribution in [1.82, 2.24) is 10.2 Å². The lowest BCUT2D eigenvalue weighted by Crippen LogP contribution is -2.49. The number of fused-ring (bicyclic) bond motifs is 1. The SMILES string of the molecule is O=C1NCCN1c1cccc(C(=O)N2CCCC3CCCCC32)c1. The van der Waals surface area contributed by atoms with Crippen LogP contribution in [0.4, 0.5) is 10.5 Å². The molecule has 24 heavy (non-hydrogen) atoms. The standard InChI is InChI=1S/C19H25N3O2/c23-18(22-11-4-7-14-5-1-2-9-17(14)22)15-6-3-8-16(13-15)21-12-10-20-19(21)24/h3,6,8,13-14,17H,1-2,4-5,7,9-12H2,(H,20,24). The minimum Gasteiger partial charge on any atom is -0.336 e. The molecule has 0 radical (unpaired) electrons. The first-order valence-corrected chi connectivity index (χ1v) is 9.20. The van der Waals surface area contributed by atoms with Gasteiger partial charge in [-0.25, -0.2) is 4.79 Å². The van der Waals surface area contributed by atoms with Gasteiger partial charge in [0.15, 0.2) is 0 Å². The molecule has 1 saturated carbocycles. The van der Waals surface area contributed by atoms with Crippen molar-refractivity contribution in [3.8, 4) is 0 Å². The molecule has 1 N–H and O–H groups in total. The summed E-state index contributed by atoms with van der Waals surface area (Å²) in [5.74, 6) is 0.817. The van der Waals surface area contributed by atoms with Crippen molar-refractivity contribution in [3.63, 3.8) is 0 Å². The summed E-state index contributed by atoms with van der Waals surface area (Å²) in [6.07, 6.45) is 7.33. The molecular weight excluding hydrogens is 302 g/mol. The lowest BCUT2D eigenvalue weighted by Gasteiger charge is -2.44. The van der Waals surface area contributed by atoms with Crippen LogP contribution in [0.2, 0.25) is 0 Å². The Kier molecular flexibility index (Phi) is 4.17. The van der Waals surface area contributed by atoms with Gasteiger partial charge in [0, 0.05) is 36.9 Å². The topological polar surface area (TPSA) is 52.7 Å². The molecule has 2 saturated heterocycles. The fraction of sp³-hybridized carbons (Fsp3) is 0.579. The van der Waals surface area contributed by atoms with Crippen molar-refractivity contribution in [3.05, 3.63) is 29.8 Å². The maximum atomic E-state index is 13.1. The first kappa shape index (κ1) is 15.5. The number of likely N-dealkylation sites (tertiary alicyclic amines) is 1. The van der Waals surface area contributed by atoms with Gasteiger partial charge in [0.25, 0.3) is 5.91 Å². The van der Waals surface area contributed by atoms with Crippen LogP contribution in [-0.2, 0) is 0 Å². The van der Waals surface area contributed by atoms with Crippen LogP contribution in [0.3, 0.4) is 0 Å². The van der Waals surface area contributed by atoms with Crippen molar-refractivity contribution in [2.45, 2.75) is 44.6 Å². The third-order valence-corrected chi connectivity index (χ3v) is 5.77. The molecule has 3 aliphatic rings. The first-order chi connectivity index (χ1) is 11.7. The number of urea groups is 1. The molecule has 0 spiro atoms. The normalized spacial score (nSPS) is 26.9. The van der Waals surface area contributed by atoms with E-state index in [-0.39, 0.29) is 11.9 Å². The Hall–Kier alpha value is -2.04. The van der Waals surface area contributed by atoms with Gasteiger partial charge in [0.1, 0.15) is 0 Å². The van der Waals surface area contributed by atoms with E-state index >= 15 is 0 Å². The molecule has 1 aromatic carbocycles. The van der Waals surface area contributed by atoms with Gasteiger partial charge in [-0.3, -0.25) is 9.69 Å². The summed E-state index contributed by atoms with van der Waals surface area (Å²) in [4.78, 5) is 28.8. The fourth-order valence-electron chi connectivity index (χ4n) is 4.57. The molecule has 4 rings (SSSR count). The number of carbonyl (C=O) groups is 2. The van der Waals surface area contributed by atoms with Crippen LogP contribution in [0.5, 0.6) is 0 Å². The molecule has 5 nitrogen and oxygen atoms in total. The van der Waals surface area contributed by atoms with E-state index < -0.39 is 0 Å². The Morgan fingerprint density at radius 3 is 2.75 bits per heavy atom. The lowest BCUT2D eigenvalue weighted by molar-refractivity contribution is 0.0390. The van der Waals surface area contributed by atoms with Crippen molar-refractivity contribution in [2.24, 2.45) is 5.92 Å². The number of benzene rings is 1. The summed E-state index contributed by atoms with van der Waals surface area (Å²) in [6, 6.07) is 7.88. The number of carbonyl (C=O) groups excluding carboxylic acids is 2. The Bertz CT molecular complexity index is 643. The van der Waals surface area contributed by atoms with E-state index in [9.17, 15) is 9.59 Å². The summed E-state index contributed by atoms with van der Waals surface area (Å²) in [5.41, 5.74) is 1.52. The Balaban J connectivity index is 1.56. The number of nitrogens with one attached hydrogen (secondary N) is 1. The molecule has 1 aromatic rings. The van der Waals surface area contributed by atoms with Gasteiger partial charge in [-0.15, -0.1) is 0 Å². The molecule has 2 atom stereocenters. The number of rotatable bonds is 2. The molecule has 2 aliphatic heterocycles. The van der Waals surface area contributed by atoms with Gasteiger partial charge in [0.05, 0.1) is 0 Å². The lowest BCUT2D eigenvalue weighted by atomic mass is 9.78. The smallest absolute Gasteiger partial charge is 0.321 e. The van der Waals surface area contributed by atoms with Crippen LogP contribution >= 0.6 is 0 Å². The van der Waals surface area contributed by atoms with Crippen LogP contribution in [0.15, 0.2) is 24.3 Å². The van der Waals surface area contributed by atoms with Crippen molar-refractivity contribution >= 4 is 17.6 Å². The van der Waals surface area contributed by atoms with Gasteiger partial charge in [-0.1, -0.05) is 18.9 Å². The monoisotopic (exact) mass is 327 g/mol. The fourth-order valence-corrected chi connectivity index (χ4v) is 4.57. The van der Waals surface area contributed by atoms with E-state index in [0.29, 0.717) is 30.6 Å². The van der Waals surface area contributed by atoms with Gasteiger partial charge in [-0.05, 0) is 49.8 Å². The Morgan fingerprint density at radius 2 is 1.92 bits per heavy atom. The number of piperidine rings is 1. The van der Waals surface area contributed by atoms with E-state index in [0.717, 1.165) is 25.1 Å². The van der Waals surface area contributed by atoms with E-state index in [1.54, 1.807) is 4.90 Å². The minimum absolute atomic E-state index is 0.0788. The van der Waals surface area contributed by atoms with E-state index in [1.165, 1.54) is 25.7 Å². The van der Waals surface area contributed by atoms with Gasteiger partial charge < -0.3 is 10.2 Å². The molecule has 0 aromatic heterocycles. The first-order valence-electron chi connectivity index (χ1n) is 9.20. The highest BCUT2D eigenvalue weighted by atomic mass is 16.2. The zero-order valence-corrected chi connectivity index (χ0v) is 14.0. The van der Waals surface area contributed by atoms with E-state index in [4.69, 9.17) is 0 Å². The molecule has 2 heterocycles. The third kappa shape index (κ3) is 2.76. The van der Waals surface area contributed by atoms with Crippen molar-refractivity contribution < 1.29 is 9.59 Å². The second kappa shape index (κ2) is 6.46. The molecular formula is C19H25N3O2. The highest BCUT2D eigenvalue weighted by Gasteiger charge is 2.36.